The van der Waals surface area contributed by atoms with Gasteiger partial charge in [0.1, 0.15) is 22.6 Å². The smallest absolute Gasteiger partial charge is 0.272 e. The van der Waals surface area contributed by atoms with Gasteiger partial charge in [-0.2, -0.15) is 5.26 Å². The fourth-order valence-corrected chi connectivity index (χ4v) is 3.63. The van der Waals surface area contributed by atoms with Crippen molar-refractivity contribution >= 4 is 17.2 Å². The van der Waals surface area contributed by atoms with Crippen LogP contribution in [-0.4, -0.2) is 32.2 Å². The Balaban J connectivity index is 1.86. The highest BCUT2D eigenvalue weighted by Gasteiger charge is 2.22. The van der Waals surface area contributed by atoms with Crippen LogP contribution in [0.2, 0.25) is 0 Å². The fourth-order valence-electron chi connectivity index (χ4n) is 2.80. The first-order valence-electron chi connectivity index (χ1n) is 8.73. The van der Waals surface area contributed by atoms with E-state index < -0.39 is 17.8 Å². The van der Waals surface area contributed by atoms with Crippen molar-refractivity contribution in [1.29, 1.82) is 5.26 Å². The number of hydrogen-bond donors (Lipinski definition) is 1. The van der Waals surface area contributed by atoms with Crippen LogP contribution < -0.4 is 19.5 Å². The molecule has 1 amide bonds. The van der Waals surface area contributed by atoms with Crippen molar-refractivity contribution in [2.45, 2.75) is 6.04 Å². The van der Waals surface area contributed by atoms with Crippen molar-refractivity contribution in [1.82, 2.24) is 10.3 Å². The Hall–Kier alpha value is -3.64. The second kappa shape index (κ2) is 9.24. The van der Waals surface area contributed by atoms with E-state index in [1.807, 2.05) is 6.07 Å². The third-order valence-electron chi connectivity index (χ3n) is 4.27. The highest BCUT2D eigenvalue weighted by Crippen LogP contribution is 2.39. The number of nitrogens with one attached hydrogen (secondary N) is 1. The predicted octanol–water partition coefficient (Wildman–Crippen LogP) is 3.97. The number of nitriles is 1. The van der Waals surface area contributed by atoms with E-state index in [0.717, 1.165) is 11.3 Å². The highest BCUT2D eigenvalue weighted by atomic mass is 32.1. The monoisotopic (exact) mass is 427 g/mol. The number of amides is 1. The summed E-state index contributed by atoms with van der Waals surface area (Å²) < 4.78 is 29.8. The number of ether oxygens (including phenoxy) is 3. The van der Waals surface area contributed by atoms with Gasteiger partial charge >= 0.3 is 0 Å². The Labute approximate surface area is 176 Å². The zero-order chi connectivity index (χ0) is 21.7. The number of benzene rings is 2. The van der Waals surface area contributed by atoms with Crippen molar-refractivity contribution < 1.29 is 23.4 Å². The standard InChI is InChI=1S/C21H18FN3O4S/c1-27-17-8-12(9-18(28-2)19(17)29-3)15(10-23)24-20(26)16-11-30-21(25-16)13-6-4-5-7-14(13)22/h4-9,11,15H,1-3H3,(H,24,26). The molecule has 0 aliphatic carbocycles. The molecule has 30 heavy (non-hydrogen) atoms. The largest absolute Gasteiger partial charge is 0.493 e. The Morgan fingerprint density at radius 1 is 1.17 bits per heavy atom. The summed E-state index contributed by atoms with van der Waals surface area (Å²) in [6.07, 6.45) is 0. The van der Waals surface area contributed by atoms with E-state index in [0.29, 0.717) is 33.4 Å². The maximum Gasteiger partial charge on any atom is 0.272 e. The molecule has 1 heterocycles. The van der Waals surface area contributed by atoms with Gasteiger partial charge in [0, 0.05) is 10.9 Å². The molecule has 0 bridgehead atoms. The van der Waals surface area contributed by atoms with Gasteiger partial charge in [-0.05, 0) is 29.8 Å². The molecule has 0 radical (unpaired) electrons. The molecule has 0 saturated carbocycles. The zero-order valence-corrected chi connectivity index (χ0v) is 17.2. The van der Waals surface area contributed by atoms with Crippen LogP contribution in [-0.2, 0) is 0 Å². The molecule has 3 aromatic rings. The Morgan fingerprint density at radius 3 is 2.40 bits per heavy atom. The number of thiazole rings is 1. The molecule has 0 aliphatic heterocycles. The molecule has 1 N–H and O–H groups in total. The normalized spacial score (nSPS) is 11.3. The van der Waals surface area contributed by atoms with Gasteiger partial charge in [0.25, 0.3) is 5.91 Å². The molecule has 0 fully saturated rings. The summed E-state index contributed by atoms with van der Waals surface area (Å²) in [5.41, 5.74) is 0.846. The maximum atomic E-state index is 14.0. The second-order valence-corrected chi connectivity index (χ2v) is 6.87. The van der Waals surface area contributed by atoms with E-state index in [1.165, 1.54) is 32.8 Å². The summed E-state index contributed by atoms with van der Waals surface area (Å²) >= 11 is 1.14. The first-order valence-corrected chi connectivity index (χ1v) is 9.61. The van der Waals surface area contributed by atoms with Crippen molar-refractivity contribution in [2.24, 2.45) is 0 Å². The number of methoxy groups -OCH3 is 3. The van der Waals surface area contributed by atoms with Gasteiger partial charge in [-0.25, -0.2) is 9.37 Å². The summed E-state index contributed by atoms with van der Waals surface area (Å²) in [4.78, 5) is 16.9. The van der Waals surface area contributed by atoms with Gasteiger partial charge in [-0.3, -0.25) is 4.79 Å². The minimum absolute atomic E-state index is 0.0888. The van der Waals surface area contributed by atoms with Crippen molar-refractivity contribution in [3.8, 4) is 33.9 Å². The quantitative estimate of drug-likeness (QED) is 0.613. The summed E-state index contributed by atoms with van der Waals surface area (Å²) in [5.74, 6) is 0.106. The number of carbonyl (C=O) groups excluding carboxylic acids is 1. The van der Waals surface area contributed by atoms with E-state index in [2.05, 4.69) is 10.3 Å². The number of halogens is 1. The SMILES string of the molecule is COc1cc(C(C#N)NC(=O)c2csc(-c3ccccc3F)n2)cc(OC)c1OC. The first-order chi connectivity index (χ1) is 14.5. The average molecular weight is 427 g/mol. The molecule has 7 nitrogen and oxygen atoms in total. The van der Waals surface area contributed by atoms with Gasteiger partial charge in [0.05, 0.1) is 27.4 Å². The molecule has 0 aliphatic rings. The van der Waals surface area contributed by atoms with Crippen LogP contribution >= 0.6 is 11.3 Å². The van der Waals surface area contributed by atoms with Crippen LogP contribution in [0.25, 0.3) is 10.6 Å². The fraction of sp³-hybridized carbons (Fsp3) is 0.190. The molecule has 1 atom stereocenters. The lowest BCUT2D eigenvalue weighted by atomic mass is 10.1. The van der Waals surface area contributed by atoms with Crippen LogP contribution in [0.3, 0.4) is 0 Å². The van der Waals surface area contributed by atoms with Crippen molar-refractivity contribution in [3.63, 3.8) is 0 Å². The van der Waals surface area contributed by atoms with E-state index in [9.17, 15) is 14.4 Å². The van der Waals surface area contributed by atoms with Crippen LogP contribution in [0.5, 0.6) is 17.2 Å². The van der Waals surface area contributed by atoms with Gasteiger partial charge in [0.15, 0.2) is 11.5 Å². The number of hydrogen-bond acceptors (Lipinski definition) is 7. The van der Waals surface area contributed by atoms with Crippen LogP contribution in [0.1, 0.15) is 22.1 Å². The minimum atomic E-state index is -0.996. The molecule has 9 heteroatoms. The molecular weight excluding hydrogens is 409 g/mol. The highest BCUT2D eigenvalue weighted by molar-refractivity contribution is 7.13. The topological polar surface area (TPSA) is 93.5 Å². The minimum Gasteiger partial charge on any atom is -0.493 e. The predicted molar refractivity (Wildman–Crippen MR) is 109 cm³/mol. The number of nitrogens with zero attached hydrogens (tertiary/aromatic N) is 2. The molecular formula is C21H18FN3O4S. The lowest BCUT2D eigenvalue weighted by molar-refractivity contribution is 0.0940. The van der Waals surface area contributed by atoms with E-state index >= 15 is 0 Å². The molecule has 2 aromatic carbocycles. The number of carbonyl (C=O) groups is 1. The van der Waals surface area contributed by atoms with Crippen LogP contribution in [0.15, 0.2) is 41.8 Å². The van der Waals surface area contributed by atoms with Gasteiger partial charge < -0.3 is 19.5 Å². The second-order valence-electron chi connectivity index (χ2n) is 6.01. The third-order valence-corrected chi connectivity index (χ3v) is 5.14. The summed E-state index contributed by atoms with van der Waals surface area (Å²) in [6.45, 7) is 0. The van der Waals surface area contributed by atoms with E-state index in [4.69, 9.17) is 14.2 Å². The number of aromatic nitrogens is 1. The maximum absolute atomic E-state index is 14.0. The molecule has 1 aromatic heterocycles. The van der Waals surface area contributed by atoms with E-state index in [-0.39, 0.29) is 5.69 Å². The van der Waals surface area contributed by atoms with Crippen LogP contribution in [0, 0.1) is 17.1 Å². The molecule has 0 spiro atoms. The molecule has 154 valence electrons. The van der Waals surface area contributed by atoms with E-state index in [1.54, 1.807) is 30.3 Å². The lowest BCUT2D eigenvalue weighted by Crippen LogP contribution is -2.28. The third kappa shape index (κ3) is 4.18. The lowest BCUT2D eigenvalue weighted by Gasteiger charge is -2.17. The summed E-state index contributed by atoms with van der Waals surface area (Å²) in [5, 5.41) is 14.1. The van der Waals surface area contributed by atoms with Gasteiger partial charge in [-0.1, -0.05) is 12.1 Å². The van der Waals surface area contributed by atoms with Crippen LogP contribution in [0.4, 0.5) is 4.39 Å². The molecule has 1 unspecified atom stereocenters. The molecule has 0 saturated heterocycles. The van der Waals surface area contributed by atoms with Crippen molar-refractivity contribution in [3.05, 3.63) is 58.9 Å². The number of rotatable bonds is 7. The Morgan fingerprint density at radius 2 is 1.83 bits per heavy atom. The Kier molecular flexibility index (Phi) is 6.49. The zero-order valence-electron chi connectivity index (χ0n) is 16.4. The molecule has 3 rings (SSSR count). The summed E-state index contributed by atoms with van der Waals surface area (Å²) in [6, 6.07) is 10.4. The van der Waals surface area contributed by atoms with Gasteiger partial charge in [0.2, 0.25) is 5.75 Å². The summed E-state index contributed by atoms with van der Waals surface area (Å²) in [7, 11) is 4.39. The first kappa shape index (κ1) is 21.1. The van der Waals surface area contributed by atoms with Gasteiger partial charge in [-0.15, -0.1) is 11.3 Å². The van der Waals surface area contributed by atoms with Crippen molar-refractivity contribution in [2.75, 3.05) is 21.3 Å². The average Bonchev–Trinajstić information content (AvgIpc) is 3.26. The Bertz CT molecular complexity index is 1080.